The third-order valence-electron chi connectivity index (χ3n) is 2.67. The molecule has 1 amide bonds. The minimum absolute atomic E-state index is 0.0670. The molecule has 1 aromatic rings. The van der Waals surface area contributed by atoms with Gasteiger partial charge in [0.15, 0.2) is 0 Å². The maximum Gasteiger partial charge on any atom is 0.243 e. The zero-order chi connectivity index (χ0) is 13.9. The van der Waals surface area contributed by atoms with E-state index in [1.165, 1.54) is 6.08 Å². The third-order valence-corrected chi connectivity index (χ3v) is 2.67. The summed E-state index contributed by atoms with van der Waals surface area (Å²) in [5.74, 6) is -0.134. The van der Waals surface area contributed by atoms with E-state index in [0.717, 1.165) is 24.0 Å². The van der Waals surface area contributed by atoms with Gasteiger partial charge >= 0.3 is 0 Å². The molecule has 2 N–H and O–H groups in total. The Kier molecular flexibility index (Phi) is 7.54. The highest BCUT2D eigenvalue weighted by molar-refractivity contribution is 5.86. The second-order valence-corrected chi connectivity index (χ2v) is 4.23. The Hall–Kier alpha value is -1.65. The zero-order valence-electron chi connectivity index (χ0n) is 11.1. The number of carbonyl (C=O) groups excluding carboxylic acids is 1. The standard InChI is InChI=1S/C15H21NO3/c1-2-15(18)16-9-3-4-10-19-12-14-7-5-13(11-17)6-8-14/h2,5-8,17H,1,3-4,9-12H2,(H,16,18). The molecule has 0 fully saturated rings. The Labute approximate surface area is 114 Å². The maximum absolute atomic E-state index is 10.9. The first-order valence-corrected chi connectivity index (χ1v) is 6.43. The lowest BCUT2D eigenvalue weighted by atomic mass is 10.1. The Balaban J connectivity index is 2.04. The number of unbranched alkanes of at least 4 members (excludes halogenated alkanes) is 1. The molecule has 0 spiro atoms. The minimum atomic E-state index is -0.134. The predicted octanol–water partition coefficient (Wildman–Crippen LogP) is 1.78. The van der Waals surface area contributed by atoms with Gasteiger partial charge < -0.3 is 15.2 Å². The Morgan fingerprint density at radius 2 is 1.95 bits per heavy atom. The van der Waals surface area contributed by atoms with Crippen molar-refractivity contribution in [2.24, 2.45) is 0 Å². The highest BCUT2D eigenvalue weighted by Crippen LogP contribution is 2.06. The van der Waals surface area contributed by atoms with Crippen LogP contribution < -0.4 is 5.32 Å². The molecule has 0 unspecified atom stereocenters. The van der Waals surface area contributed by atoms with Gasteiger partial charge in [-0.05, 0) is 30.0 Å². The number of carbonyl (C=O) groups is 1. The molecule has 0 saturated heterocycles. The average molecular weight is 263 g/mol. The summed E-state index contributed by atoms with van der Waals surface area (Å²) in [4.78, 5) is 10.9. The Bertz CT molecular complexity index is 387. The Morgan fingerprint density at radius 3 is 2.58 bits per heavy atom. The summed E-state index contributed by atoms with van der Waals surface area (Å²) in [6, 6.07) is 7.69. The number of rotatable bonds is 9. The first-order valence-electron chi connectivity index (χ1n) is 6.43. The van der Waals surface area contributed by atoms with E-state index in [2.05, 4.69) is 11.9 Å². The first-order chi connectivity index (χ1) is 9.26. The maximum atomic E-state index is 10.9. The molecule has 0 aliphatic rings. The van der Waals surface area contributed by atoms with Gasteiger partial charge in [0.1, 0.15) is 0 Å². The van der Waals surface area contributed by atoms with Crippen LogP contribution in [-0.4, -0.2) is 24.2 Å². The number of hydrogen-bond acceptors (Lipinski definition) is 3. The summed E-state index contributed by atoms with van der Waals surface area (Å²) in [5, 5.41) is 11.6. The quantitative estimate of drug-likeness (QED) is 0.527. The van der Waals surface area contributed by atoms with Crippen LogP contribution in [-0.2, 0) is 22.7 Å². The van der Waals surface area contributed by atoms with Gasteiger partial charge in [0.05, 0.1) is 13.2 Å². The summed E-state index contributed by atoms with van der Waals surface area (Å²) in [6.45, 7) is 5.35. The van der Waals surface area contributed by atoms with E-state index in [9.17, 15) is 4.79 Å². The van der Waals surface area contributed by atoms with Crippen molar-refractivity contribution in [1.82, 2.24) is 5.32 Å². The van der Waals surface area contributed by atoms with Gasteiger partial charge in [0.25, 0.3) is 0 Å². The SMILES string of the molecule is C=CC(=O)NCCCCOCc1ccc(CO)cc1. The van der Waals surface area contributed by atoms with Crippen molar-refractivity contribution in [3.05, 3.63) is 48.0 Å². The molecule has 0 atom stereocenters. The lowest BCUT2D eigenvalue weighted by molar-refractivity contribution is -0.116. The van der Waals surface area contributed by atoms with Gasteiger partial charge in [-0.3, -0.25) is 4.79 Å². The van der Waals surface area contributed by atoms with Gasteiger partial charge in [0.2, 0.25) is 5.91 Å². The second-order valence-electron chi connectivity index (χ2n) is 4.23. The van der Waals surface area contributed by atoms with Crippen molar-refractivity contribution < 1.29 is 14.6 Å². The number of amides is 1. The highest BCUT2D eigenvalue weighted by Gasteiger charge is 1.96. The summed E-state index contributed by atoms with van der Waals surface area (Å²) in [6.07, 6.45) is 3.07. The van der Waals surface area contributed by atoms with E-state index in [1.807, 2.05) is 24.3 Å². The third kappa shape index (κ3) is 6.74. The first kappa shape index (κ1) is 15.4. The lowest BCUT2D eigenvalue weighted by Crippen LogP contribution is -2.22. The summed E-state index contributed by atoms with van der Waals surface area (Å²) < 4.78 is 5.53. The molecule has 0 saturated carbocycles. The van der Waals surface area contributed by atoms with E-state index in [4.69, 9.17) is 9.84 Å². The number of ether oxygens (including phenoxy) is 1. The molecular formula is C15H21NO3. The second kappa shape index (κ2) is 9.30. The molecular weight excluding hydrogens is 242 g/mol. The van der Waals surface area contributed by atoms with Gasteiger partial charge in [-0.15, -0.1) is 0 Å². The molecule has 1 aromatic carbocycles. The van der Waals surface area contributed by atoms with Crippen molar-refractivity contribution in [2.75, 3.05) is 13.2 Å². The van der Waals surface area contributed by atoms with E-state index in [-0.39, 0.29) is 12.5 Å². The van der Waals surface area contributed by atoms with E-state index < -0.39 is 0 Å². The molecule has 1 rings (SSSR count). The lowest BCUT2D eigenvalue weighted by Gasteiger charge is -2.05. The molecule has 0 heterocycles. The van der Waals surface area contributed by atoms with Crippen molar-refractivity contribution in [1.29, 1.82) is 0 Å². The van der Waals surface area contributed by atoms with Crippen LogP contribution in [0.4, 0.5) is 0 Å². The van der Waals surface area contributed by atoms with Crippen LogP contribution in [0.5, 0.6) is 0 Å². The molecule has 0 aromatic heterocycles. The molecule has 4 heteroatoms. The zero-order valence-corrected chi connectivity index (χ0v) is 11.1. The average Bonchev–Trinajstić information content (AvgIpc) is 2.46. The van der Waals surface area contributed by atoms with E-state index in [1.54, 1.807) is 0 Å². The van der Waals surface area contributed by atoms with Gasteiger partial charge in [-0.25, -0.2) is 0 Å². The number of aliphatic hydroxyl groups excluding tert-OH is 1. The van der Waals surface area contributed by atoms with Crippen LogP contribution in [0.2, 0.25) is 0 Å². The monoisotopic (exact) mass is 263 g/mol. The normalized spacial score (nSPS) is 10.2. The van der Waals surface area contributed by atoms with Crippen LogP contribution in [0.3, 0.4) is 0 Å². The molecule has 0 radical (unpaired) electrons. The van der Waals surface area contributed by atoms with Crippen LogP contribution in [0.15, 0.2) is 36.9 Å². The van der Waals surface area contributed by atoms with E-state index >= 15 is 0 Å². The smallest absolute Gasteiger partial charge is 0.243 e. The van der Waals surface area contributed by atoms with Gasteiger partial charge in [-0.1, -0.05) is 30.8 Å². The van der Waals surface area contributed by atoms with E-state index in [0.29, 0.717) is 19.8 Å². The molecule has 0 aliphatic heterocycles. The van der Waals surface area contributed by atoms with Crippen LogP contribution in [0.1, 0.15) is 24.0 Å². The fourth-order valence-corrected chi connectivity index (χ4v) is 1.54. The van der Waals surface area contributed by atoms with Crippen LogP contribution in [0.25, 0.3) is 0 Å². The molecule has 0 bridgehead atoms. The number of hydrogen-bond donors (Lipinski definition) is 2. The van der Waals surface area contributed by atoms with Crippen molar-refractivity contribution >= 4 is 5.91 Å². The predicted molar refractivity (Wildman–Crippen MR) is 74.5 cm³/mol. The van der Waals surface area contributed by atoms with Crippen molar-refractivity contribution in [3.8, 4) is 0 Å². The van der Waals surface area contributed by atoms with Crippen LogP contribution >= 0.6 is 0 Å². The Morgan fingerprint density at radius 1 is 1.26 bits per heavy atom. The van der Waals surface area contributed by atoms with Gasteiger partial charge in [0, 0.05) is 13.2 Å². The summed E-state index contributed by atoms with van der Waals surface area (Å²) >= 11 is 0. The fourth-order valence-electron chi connectivity index (χ4n) is 1.54. The molecule has 104 valence electrons. The molecule has 0 aliphatic carbocycles. The largest absolute Gasteiger partial charge is 0.392 e. The summed E-state index contributed by atoms with van der Waals surface area (Å²) in [7, 11) is 0. The van der Waals surface area contributed by atoms with Crippen LogP contribution in [0, 0.1) is 0 Å². The topological polar surface area (TPSA) is 58.6 Å². The van der Waals surface area contributed by atoms with Gasteiger partial charge in [-0.2, -0.15) is 0 Å². The van der Waals surface area contributed by atoms with Crippen molar-refractivity contribution in [3.63, 3.8) is 0 Å². The molecule has 19 heavy (non-hydrogen) atoms. The number of benzene rings is 1. The van der Waals surface area contributed by atoms with Crippen molar-refractivity contribution in [2.45, 2.75) is 26.1 Å². The minimum Gasteiger partial charge on any atom is -0.392 e. The fraction of sp³-hybridized carbons (Fsp3) is 0.400. The highest BCUT2D eigenvalue weighted by atomic mass is 16.5. The molecule has 4 nitrogen and oxygen atoms in total. The number of aliphatic hydroxyl groups is 1. The summed E-state index contributed by atoms with van der Waals surface area (Å²) in [5.41, 5.74) is 2.00. The number of nitrogens with one attached hydrogen (secondary N) is 1.